The summed E-state index contributed by atoms with van der Waals surface area (Å²) in [7, 11) is 0. The number of aliphatic hydroxyl groups is 1. The van der Waals surface area contributed by atoms with Gasteiger partial charge in [-0.15, -0.1) is 0 Å². The molecular formula is C20H19FN2OS. The summed E-state index contributed by atoms with van der Waals surface area (Å²) in [5, 5.41) is 10.2. The first kappa shape index (κ1) is 17.5. The quantitative estimate of drug-likeness (QED) is 0.640. The zero-order chi connectivity index (χ0) is 17.5. The lowest BCUT2D eigenvalue weighted by Gasteiger charge is -2.06. The van der Waals surface area contributed by atoms with E-state index in [4.69, 9.17) is 0 Å². The molecule has 2 aromatic carbocycles. The van der Waals surface area contributed by atoms with E-state index < -0.39 is 0 Å². The average Bonchev–Trinajstić information content (AvgIpc) is 3.03. The predicted molar refractivity (Wildman–Crippen MR) is 99.9 cm³/mol. The molecule has 0 atom stereocenters. The van der Waals surface area contributed by atoms with E-state index in [0.717, 1.165) is 22.0 Å². The van der Waals surface area contributed by atoms with E-state index in [1.807, 2.05) is 29.0 Å². The molecule has 1 heterocycles. The lowest BCUT2D eigenvalue weighted by molar-refractivity contribution is 0.277. The lowest BCUT2D eigenvalue weighted by Crippen LogP contribution is -2.00. The predicted octanol–water partition coefficient (Wildman–Crippen LogP) is 4.37. The molecular weight excluding hydrogens is 335 g/mol. The fourth-order valence-corrected chi connectivity index (χ4v) is 3.22. The van der Waals surface area contributed by atoms with Gasteiger partial charge in [0.1, 0.15) is 5.82 Å². The van der Waals surface area contributed by atoms with Gasteiger partial charge in [-0.1, -0.05) is 66.4 Å². The summed E-state index contributed by atoms with van der Waals surface area (Å²) >= 11 is 1.60. The molecule has 128 valence electrons. The number of aromatic nitrogens is 2. The SMILES string of the molecule is OCc1cn(Cc2ccc(F)cc2)c(SC/C=C/c2ccccc2)n1. The van der Waals surface area contributed by atoms with Crippen LogP contribution in [-0.4, -0.2) is 20.4 Å². The maximum absolute atomic E-state index is 13.0. The highest BCUT2D eigenvalue weighted by Crippen LogP contribution is 2.20. The Morgan fingerprint density at radius 2 is 1.84 bits per heavy atom. The molecule has 0 amide bonds. The van der Waals surface area contributed by atoms with Gasteiger partial charge in [0.2, 0.25) is 0 Å². The molecule has 0 aliphatic rings. The van der Waals surface area contributed by atoms with Gasteiger partial charge in [0.15, 0.2) is 5.16 Å². The third-order valence-corrected chi connectivity index (χ3v) is 4.58. The van der Waals surface area contributed by atoms with Gasteiger partial charge in [0, 0.05) is 18.5 Å². The summed E-state index contributed by atoms with van der Waals surface area (Å²) in [5.74, 6) is 0.534. The molecule has 3 nitrogen and oxygen atoms in total. The zero-order valence-corrected chi connectivity index (χ0v) is 14.5. The monoisotopic (exact) mass is 354 g/mol. The van der Waals surface area contributed by atoms with E-state index in [-0.39, 0.29) is 12.4 Å². The number of benzene rings is 2. The minimum absolute atomic E-state index is 0.0934. The van der Waals surface area contributed by atoms with Gasteiger partial charge < -0.3 is 9.67 Å². The van der Waals surface area contributed by atoms with E-state index in [0.29, 0.717) is 12.2 Å². The highest BCUT2D eigenvalue weighted by molar-refractivity contribution is 7.99. The Hall–Kier alpha value is -2.37. The molecule has 0 saturated carbocycles. The van der Waals surface area contributed by atoms with E-state index in [1.165, 1.54) is 12.1 Å². The minimum atomic E-state index is -0.244. The number of hydrogen-bond acceptors (Lipinski definition) is 3. The fraction of sp³-hybridized carbons (Fsp3) is 0.150. The van der Waals surface area contributed by atoms with E-state index in [1.54, 1.807) is 23.9 Å². The van der Waals surface area contributed by atoms with Crippen molar-refractivity contribution >= 4 is 17.8 Å². The molecule has 3 aromatic rings. The number of hydrogen-bond donors (Lipinski definition) is 1. The largest absolute Gasteiger partial charge is 0.390 e. The zero-order valence-electron chi connectivity index (χ0n) is 13.7. The van der Waals surface area contributed by atoms with Crippen molar-refractivity contribution in [2.75, 3.05) is 5.75 Å². The lowest BCUT2D eigenvalue weighted by atomic mass is 10.2. The summed E-state index contributed by atoms with van der Waals surface area (Å²) in [4.78, 5) is 4.45. The van der Waals surface area contributed by atoms with Gasteiger partial charge in [-0.3, -0.25) is 0 Å². The number of rotatable bonds is 7. The van der Waals surface area contributed by atoms with Crippen molar-refractivity contribution < 1.29 is 9.50 Å². The molecule has 1 aromatic heterocycles. The molecule has 0 spiro atoms. The molecule has 25 heavy (non-hydrogen) atoms. The smallest absolute Gasteiger partial charge is 0.168 e. The second-order valence-corrected chi connectivity index (χ2v) is 6.54. The standard InChI is InChI=1S/C20H19FN2OS/c21-18-10-8-17(9-11-18)13-23-14-19(15-24)22-20(23)25-12-4-7-16-5-2-1-3-6-16/h1-11,14,24H,12-13,15H2/b7-4+. The molecule has 0 saturated heterocycles. The summed E-state index contributed by atoms with van der Waals surface area (Å²) in [6, 6.07) is 16.6. The number of aliphatic hydroxyl groups excluding tert-OH is 1. The van der Waals surface area contributed by atoms with Crippen molar-refractivity contribution in [2.24, 2.45) is 0 Å². The number of thioether (sulfide) groups is 1. The molecule has 3 rings (SSSR count). The van der Waals surface area contributed by atoms with Gasteiger partial charge in [0.05, 0.1) is 12.3 Å². The average molecular weight is 354 g/mol. The Morgan fingerprint density at radius 3 is 2.56 bits per heavy atom. The molecule has 0 radical (unpaired) electrons. The van der Waals surface area contributed by atoms with Gasteiger partial charge in [-0.25, -0.2) is 9.37 Å². The Morgan fingerprint density at radius 1 is 1.08 bits per heavy atom. The van der Waals surface area contributed by atoms with Crippen LogP contribution in [-0.2, 0) is 13.2 Å². The third-order valence-electron chi connectivity index (χ3n) is 3.64. The number of nitrogens with zero attached hydrogens (tertiary/aromatic N) is 2. The van der Waals surface area contributed by atoms with Crippen LogP contribution in [0.2, 0.25) is 0 Å². The van der Waals surface area contributed by atoms with Gasteiger partial charge in [-0.05, 0) is 23.3 Å². The highest BCUT2D eigenvalue weighted by atomic mass is 32.2. The Balaban J connectivity index is 1.67. The van der Waals surface area contributed by atoms with Crippen LogP contribution in [0.1, 0.15) is 16.8 Å². The van der Waals surface area contributed by atoms with Gasteiger partial charge in [-0.2, -0.15) is 0 Å². The third kappa shape index (κ3) is 5.05. The number of halogens is 1. The highest BCUT2D eigenvalue weighted by Gasteiger charge is 2.08. The van der Waals surface area contributed by atoms with Crippen molar-refractivity contribution in [1.82, 2.24) is 9.55 Å². The summed E-state index contributed by atoms with van der Waals surface area (Å²) in [6.07, 6.45) is 6.01. The summed E-state index contributed by atoms with van der Waals surface area (Å²) in [6.45, 7) is 0.502. The Kier molecular flexibility index (Phi) is 6.04. The molecule has 0 aliphatic heterocycles. The second kappa shape index (κ2) is 8.65. The van der Waals surface area contributed by atoms with E-state index in [9.17, 15) is 9.50 Å². The first-order chi connectivity index (χ1) is 12.2. The van der Waals surface area contributed by atoms with Crippen LogP contribution in [0.15, 0.2) is 72.0 Å². The van der Waals surface area contributed by atoms with Crippen molar-refractivity contribution in [3.8, 4) is 0 Å². The van der Waals surface area contributed by atoms with Crippen LogP contribution in [0.5, 0.6) is 0 Å². The first-order valence-electron chi connectivity index (χ1n) is 8.00. The van der Waals surface area contributed by atoms with Crippen LogP contribution < -0.4 is 0 Å². The molecule has 0 bridgehead atoms. The van der Waals surface area contributed by atoms with E-state index in [2.05, 4.69) is 29.3 Å². The normalized spacial score (nSPS) is 11.3. The minimum Gasteiger partial charge on any atom is -0.390 e. The number of imidazole rings is 1. The van der Waals surface area contributed by atoms with Crippen LogP contribution in [0.25, 0.3) is 6.08 Å². The Labute approximate surface area is 150 Å². The molecule has 0 unspecified atom stereocenters. The first-order valence-corrected chi connectivity index (χ1v) is 8.99. The van der Waals surface area contributed by atoms with Crippen LogP contribution in [0, 0.1) is 5.82 Å². The van der Waals surface area contributed by atoms with Gasteiger partial charge in [0.25, 0.3) is 0 Å². The molecule has 0 fully saturated rings. The van der Waals surface area contributed by atoms with Crippen LogP contribution in [0.3, 0.4) is 0 Å². The molecule has 0 aliphatic carbocycles. The van der Waals surface area contributed by atoms with Crippen molar-refractivity contribution in [1.29, 1.82) is 0 Å². The summed E-state index contributed by atoms with van der Waals surface area (Å²) in [5.41, 5.74) is 2.79. The molecule has 1 N–H and O–H groups in total. The maximum Gasteiger partial charge on any atom is 0.168 e. The van der Waals surface area contributed by atoms with E-state index >= 15 is 0 Å². The second-order valence-electron chi connectivity index (χ2n) is 5.55. The topological polar surface area (TPSA) is 38.0 Å². The Bertz CT molecular complexity index is 829. The molecule has 5 heteroatoms. The van der Waals surface area contributed by atoms with Crippen molar-refractivity contribution in [3.63, 3.8) is 0 Å². The van der Waals surface area contributed by atoms with Crippen LogP contribution in [0.4, 0.5) is 4.39 Å². The fourth-order valence-electron chi connectivity index (χ4n) is 2.41. The van der Waals surface area contributed by atoms with Crippen LogP contribution >= 0.6 is 11.8 Å². The maximum atomic E-state index is 13.0. The summed E-state index contributed by atoms with van der Waals surface area (Å²) < 4.78 is 15.0. The van der Waals surface area contributed by atoms with Gasteiger partial charge >= 0.3 is 0 Å². The van der Waals surface area contributed by atoms with Crippen molar-refractivity contribution in [2.45, 2.75) is 18.3 Å². The van der Waals surface area contributed by atoms with Crippen molar-refractivity contribution in [3.05, 3.63) is 89.5 Å².